The molecule has 108 valence electrons. The molecule has 4 N–H and O–H groups in total. The van der Waals surface area contributed by atoms with E-state index in [1.165, 1.54) is 0 Å². The first kappa shape index (κ1) is 15.3. The van der Waals surface area contributed by atoms with Crippen molar-refractivity contribution in [2.45, 2.75) is 51.1 Å². The van der Waals surface area contributed by atoms with Crippen molar-refractivity contribution in [2.75, 3.05) is 6.54 Å². The second-order valence-corrected chi connectivity index (χ2v) is 4.79. The fourth-order valence-electron chi connectivity index (χ4n) is 1.97. The van der Waals surface area contributed by atoms with Gasteiger partial charge in [-0.2, -0.15) is 0 Å². The largest absolute Gasteiger partial charge is 0.481 e. The van der Waals surface area contributed by atoms with Gasteiger partial charge in [-0.1, -0.05) is 0 Å². The van der Waals surface area contributed by atoms with Crippen LogP contribution >= 0.6 is 0 Å². The molecule has 1 fully saturated rings. The Morgan fingerprint density at radius 1 is 1.53 bits per heavy atom. The summed E-state index contributed by atoms with van der Waals surface area (Å²) in [7, 11) is 0. The van der Waals surface area contributed by atoms with E-state index in [1.54, 1.807) is 0 Å². The number of hydrogen-bond acceptors (Lipinski definition) is 3. The highest BCUT2D eigenvalue weighted by atomic mass is 16.4. The van der Waals surface area contributed by atoms with Crippen molar-refractivity contribution in [3.05, 3.63) is 0 Å². The second-order valence-electron chi connectivity index (χ2n) is 4.79. The lowest BCUT2D eigenvalue weighted by molar-refractivity contribution is -0.137. The van der Waals surface area contributed by atoms with E-state index in [9.17, 15) is 14.4 Å². The number of aliphatic carboxylic acids is 1. The number of urea groups is 1. The number of carbonyl (C=O) groups excluding carboxylic acids is 2. The first-order chi connectivity index (χ1) is 8.99. The van der Waals surface area contributed by atoms with Crippen LogP contribution in [0.3, 0.4) is 0 Å². The average Bonchev–Trinajstić information content (AvgIpc) is 2.31. The maximum atomic E-state index is 11.6. The van der Waals surface area contributed by atoms with Gasteiger partial charge in [0.2, 0.25) is 5.91 Å². The molecule has 0 radical (unpaired) electrons. The molecule has 0 aromatic heterocycles. The Hall–Kier alpha value is -1.79. The van der Waals surface area contributed by atoms with Crippen LogP contribution in [0.5, 0.6) is 0 Å². The molecule has 0 aliphatic carbocycles. The Labute approximate surface area is 112 Å². The fourth-order valence-corrected chi connectivity index (χ4v) is 1.97. The van der Waals surface area contributed by atoms with Gasteiger partial charge >= 0.3 is 12.0 Å². The monoisotopic (exact) mass is 271 g/mol. The summed E-state index contributed by atoms with van der Waals surface area (Å²) in [6.45, 7) is 2.46. The Morgan fingerprint density at radius 3 is 2.89 bits per heavy atom. The summed E-state index contributed by atoms with van der Waals surface area (Å²) in [5, 5.41) is 16.5. The first-order valence-corrected chi connectivity index (χ1v) is 6.55. The van der Waals surface area contributed by atoms with Crippen molar-refractivity contribution in [2.24, 2.45) is 0 Å². The third-order valence-corrected chi connectivity index (χ3v) is 3.00. The van der Waals surface area contributed by atoms with E-state index in [2.05, 4.69) is 16.0 Å². The van der Waals surface area contributed by atoms with Crippen molar-refractivity contribution < 1.29 is 19.5 Å². The molecule has 19 heavy (non-hydrogen) atoms. The predicted molar refractivity (Wildman–Crippen MR) is 68.6 cm³/mol. The number of carboxylic acids is 1. The molecule has 1 aliphatic heterocycles. The molecule has 3 amide bonds. The molecule has 1 saturated heterocycles. The molecule has 7 heteroatoms. The molecule has 0 aromatic carbocycles. The van der Waals surface area contributed by atoms with E-state index in [0.29, 0.717) is 25.8 Å². The minimum absolute atomic E-state index is 0.0959. The van der Waals surface area contributed by atoms with E-state index in [0.717, 1.165) is 6.42 Å². The number of amides is 3. The number of carboxylic acid groups (broad SMARTS) is 1. The molecule has 1 rings (SSSR count). The highest BCUT2D eigenvalue weighted by Gasteiger charge is 2.23. The highest BCUT2D eigenvalue weighted by Crippen LogP contribution is 2.03. The lowest BCUT2D eigenvalue weighted by atomic mass is 10.1. The van der Waals surface area contributed by atoms with Crippen molar-refractivity contribution >= 4 is 17.9 Å². The predicted octanol–water partition coefficient (Wildman–Crippen LogP) is 0.208. The minimum atomic E-state index is -0.837. The Kier molecular flexibility index (Phi) is 6.11. The molecular formula is C12H21N3O4. The topological polar surface area (TPSA) is 108 Å². The van der Waals surface area contributed by atoms with Crippen LogP contribution in [0.25, 0.3) is 0 Å². The summed E-state index contributed by atoms with van der Waals surface area (Å²) in [6.07, 6.45) is 2.70. The van der Waals surface area contributed by atoms with Crippen molar-refractivity contribution in [1.82, 2.24) is 16.0 Å². The van der Waals surface area contributed by atoms with E-state index < -0.39 is 12.0 Å². The highest BCUT2D eigenvalue weighted by molar-refractivity contribution is 5.87. The minimum Gasteiger partial charge on any atom is -0.481 e. The van der Waals surface area contributed by atoms with E-state index in [-0.39, 0.29) is 24.4 Å². The zero-order valence-corrected chi connectivity index (χ0v) is 11.1. The lowest BCUT2D eigenvalue weighted by Gasteiger charge is -2.24. The third kappa shape index (κ3) is 6.08. The van der Waals surface area contributed by atoms with Gasteiger partial charge in [0.1, 0.15) is 6.04 Å². The van der Waals surface area contributed by atoms with Crippen LogP contribution in [0.4, 0.5) is 4.79 Å². The zero-order chi connectivity index (χ0) is 14.3. The molecule has 1 heterocycles. The number of piperidine rings is 1. The van der Waals surface area contributed by atoms with Gasteiger partial charge in [-0.3, -0.25) is 9.59 Å². The standard InChI is InChI=1S/C12H21N3O4/c1-8(4-2-6-10(16)17)14-12(19)15-9-5-3-7-13-11(9)18/h8-9H,2-7H2,1H3,(H,13,18)(H,16,17)(H2,14,15,19). The average molecular weight is 271 g/mol. The van der Waals surface area contributed by atoms with Gasteiger partial charge in [0.15, 0.2) is 0 Å². The van der Waals surface area contributed by atoms with Gasteiger partial charge in [0.25, 0.3) is 0 Å². The fraction of sp³-hybridized carbons (Fsp3) is 0.750. The maximum absolute atomic E-state index is 11.6. The van der Waals surface area contributed by atoms with Gasteiger partial charge in [-0.15, -0.1) is 0 Å². The molecule has 0 bridgehead atoms. The molecule has 0 spiro atoms. The third-order valence-electron chi connectivity index (χ3n) is 3.00. The summed E-state index contributed by atoms with van der Waals surface area (Å²) in [4.78, 5) is 33.4. The summed E-state index contributed by atoms with van der Waals surface area (Å²) in [6, 6.07) is -0.976. The van der Waals surface area contributed by atoms with Gasteiger partial charge in [0, 0.05) is 19.0 Å². The van der Waals surface area contributed by atoms with E-state index >= 15 is 0 Å². The number of nitrogens with one attached hydrogen (secondary N) is 3. The number of carbonyl (C=O) groups is 3. The zero-order valence-electron chi connectivity index (χ0n) is 11.1. The molecule has 0 saturated carbocycles. The van der Waals surface area contributed by atoms with Crippen LogP contribution in [-0.2, 0) is 9.59 Å². The van der Waals surface area contributed by atoms with Crippen LogP contribution in [-0.4, -0.2) is 41.6 Å². The van der Waals surface area contributed by atoms with Crippen LogP contribution in [0.1, 0.15) is 39.0 Å². The van der Waals surface area contributed by atoms with Crippen molar-refractivity contribution in [3.8, 4) is 0 Å². The van der Waals surface area contributed by atoms with Crippen molar-refractivity contribution in [3.63, 3.8) is 0 Å². The Bertz CT molecular complexity index is 346. The summed E-state index contributed by atoms with van der Waals surface area (Å²) in [5.41, 5.74) is 0. The Morgan fingerprint density at radius 2 is 2.26 bits per heavy atom. The molecule has 1 aliphatic rings. The summed E-state index contributed by atoms with van der Waals surface area (Å²) >= 11 is 0. The van der Waals surface area contributed by atoms with Gasteiger partial charge < -0.3 is 21.1 Å². The van der Waals surface area contributed by atoms with Gasteiger partial charge in [0.05, 0.1) is 0 Å². The van der Waals surface area contributed by atoms with E-state index in [4.69, 9.17) is 5.11 Å². The second kappa shape index (κ2) is 7.60. The molecular weight excluding hydrogens is 250 g/mol. The lowest BCUT2D eigenvalue weighted by Crippen LogP contribution is -2.53. The molecule has 0 aromatic rings. The number of hydrogen-bond donors (Lipinski definition) is 4. The van der Waals surface area contributed by atoms with Crippen LogP contribution in [0, 0.1) is 0 Å². The quantitative estimate of drug-likeness (QED) is 0.553. The normalized spacial score (nSPS) is 20.3. The van der Waals surface area contributed by atoms with Gasteiger partial charge in [-0.25, -0.2) is 4.79 Å². The van der Waals surface area contributed by atoms with Crippen LogP contribution < -0.4 is 16.0 Å². The molecule has 2 atom stereocenters. The smallest absolute Gasteiger partial charge is 0.315 e. The summed E-state index contributed by atoms with van der Waals surface area (Å²) < 4.78 is 0. The summed E-state index contributed by atoms with van der Waals surface area (Å²) in [5.74, 6) is -0.990. The molecule has 7 nitrogen and oxygen atoms in total. The first-order valence-electron chi connectivity index (χ1n) is 6.55. The van der Waals surface area contributed by atoms with Crippen molar-refractivity contribution in [1.29, 1.82) is 0 Å². The molecule has 2 unspecified atom stereocenters. The number of rotatable bonds is 6. The Balaban J connectivity index is 2.22. The van der Waals surface area contributed by atoms with Crippen LogP contribution in [0.2, 0.25) is 0 Å². The maximum Gasteiger partial charge on any atom is 0.315 e. The SMILES string of the molecule is CC(CCCC(=O)O)NC(=O)NC1CCCNC1=O. The van der Waals surface area contributed by atoms with E-state index in [1.807, 2.05) is 6.92 Å². The van der Waals surface area contributed by atoms with Gasteiger partial charge in [-0.05, 0) is 32.6 Å². The van der Waals surface area contributed by atoms with Crippen LogP contribution in [0.15, 0.2) is 0 Å².